The van der Waals surface area contributed by atoms with Gasteiger partial charge in [-0.1, -0.05) is 42.5 Å². The van der Waals surface area contributed by atoms with Gasteiger partial charge in [-0.25, -0.2) is 9.38 Å². The van der Waals surface area contributed by atoms with Crippen molar-refractivity contribution < 1.29 is 4.39 Å². The molecule has 2 aromatic rings. The van der Waals surface area contributed by atoms with Gasteiger partial charge in [-0.15, -0.1) is 24.0 Å². The average molecular weight is 413 g/mol. The van der Waals surface area contributed by atoms with Crippen molar-refractivity contribution >= 4 is 29.9 Å². The molecule has 0 aliphatic carbocycles. The number of nitrogens with one attached hydrogen (secondary N) is 1. The molecule has 0 aliphatic heterocycles. The maximum atomic E-state index is 13.2. The predicted octanol–water partition coefficient (Wildman–Crippen LogP) is 3.40. The SMILES string of the molecule is Cc1cc(CN=C(N)NCCc2ccccc2)ccc1F.I. The van der Waals surface area contributed by atoms with Crippen LogP contribution in [0.3, 0.4) is 0 Å². The monoisotopic (exact) mass is 413 g/mol. The zero-order valence-corrected chi connectivity index (χ0v) is 14.9. The number of rotatable bonds is 5. The molecule has 3 nitrogen and oxygen atoms in total. The van der Waals surface area contributed by atoms with Crippen LogP contribution >= 0.6 is 24.0 Å². The third-order valence-corrected chi connectivity index (χ3v) is 3.22. The van der Waals surface area contributed by atoms with Gasteiger partial charge in [-0.3, -0.25) is 0 Å². The fourth-order valence-electron chi connectivity index (χ4n) is 2.02. The Morgan fingerprint density at radius 2 is 1.86 bits per heavy atom. The van der Waals surface area contributed by atoms with Crippen LogP contribution in [-0.2, 0) is 13.0 Å². The molecule has 0 aromatic heterocycles. The summed E-state index contributed by atoms with van der Waals surface area (Å²) < 4.78 is 13.2. The standard InChI is InChI=1S/C17H20FN3.HI/c1-13-11-15(7-8-16(13)18)12-21-17(19)20-10-9-14-5-3-2-4-6-14;/h2-8,11H,9-10,12H2,1H3,(H3,19,20,21);1H. The zero-order chi connectivity index (χ0) is 15.1. The van der Waals surface area contributed by atoms with E-state index in [1.54, 1.807) is 19.1 Å². The summed E-state index contributed by atoms with van der Waals surface area (Å²) >= 11 is 0. The molecule has 118 valence electrons. The number of nitrogens with two attached hydrogens (primary N) is 1. The Morgan fingerprint density at radius 1 is 1.14 bits per heavy atom. The first kappa shape index (κ1) is 18.4. The van der Waals surface area contributed by atoms with E-state index in [4.69, 9.17) is 5.73 Å². The van der Waals surface area contributed by atoms with Gasteiger partial charge in [0.2, 0.25) is 0 Å². The molecule has 22 heavy (non-hydrogen) atoms. The van der Waals surface area contributed by atoms with E-state index in [2.05, 4.69) is 22.4 Å². The number of aliphatic imine (C=N–C) groups is 1. The normalized spacial score (nSPS) is 10.9. The molecule has 2 aromatic carbocycles. The van der Waals surface area contributed by atoms with Crippen molar-refractivity contribution in [1.82, 2.24) is 5.32 Å². The molecule has 0 fully saturated rings. The zero-order valence-electron chi connectivity index (χ0n) is 12.6. The topological polar surface area (TPSA) is 50.4 Å². The van der Waals surface area contributed by atoms with Crippen molar-refractivity contribution in [2.24, 2.45) is 10.7 Å². The van der Waals surface area contributed by atoms with Crippen LogP contribution in [0, 0.1) is 12.7 Å². The smallest absolute Gasteiger partial charge is 0.188 e. The summed E-state index contributed by atoms with van der Waals surface area (Å²) in [5.41, 5.74) is 8.64. The summed E-state index contributed by atoms with van der Waals surface area (Å²) in [5, 5.41) is 3.08. The first-order valence-electron chi connectivity index (χ1n) is 6.98. The highest BCUT2D eigenvalue weighted by atomic mass is 127. The summed E-state index contributed by atoms with van der Waals surface area (Å²) in [5.74, 6) is 0.213. The van der Waals surface area contributed by atoms with Gasteiger partial charge in [0.15, 0.2) is 5.96 Å². The minimum absolute atomic E-state index is 0. The summed E-state index contributed by atoms with van der Waals surface area (Å²) in [4.78, 5) is 4.26. The molecule has 2 rings (SSSR count). The molecule has 0 aliphatic rings. The average Bonchev–Trinajstić information content (AvgIpc) is 2.49. The van der Waals surface area contributed by atoms with Crippen molar-refractivity contribution in [3.05, 3.63) is 71.0 Å². The van der Waals surface area contributed by atoms with Crippen LogP contribution in [-0.4, -0.2) is 12.5 Å². The number of guanidine groups is 1. The molecule has 5 heteroatoms. The van der Waals surface area contributed by atoms with Crippen LogP contribution < -0.4 is 11.1 Å². The largest absolute Gasteiger partial charge is 0.370 e. The minimum Gasteiger partial charge on any atom is -0.370 e. The number of halogens is 2. The van der Waals surface area contributed by atoms with Gasteiger partial charge in [0.1, 0.15) is 5.82 Å². The highest BCUT2D eigenvalue weighted by Gasteiger charge is 1.99. The predicted molar refractivity (Wildman–Crippen MR) is 100 cm³/mol. The maximum absolute atomic E-state index is 13.2. The summed E-state index contributed by atoms with van der Waals surface area (Å²) in [6.07, 6.45) is 0.896. The first-order valence-corrected chi connectivity index (χ1v) is 6.98. The van der Waals surface area contributed by atoms with Gasteiger partial charge in [0, 0.05) is 6.54 Å². The van der Waals surface area contributed by atoms with Gasteiger partial charge < -0.3 is 11.1 Å². The minimum atomic E-state index is -0.198. The second-order valence-electron chi connectivity index (χ2n) is 4.95. The Balaban J connectivity index is 0.00000242. The van der Waals surface area contributed by atoms with E-state index in [0.717, 1.165) is 18.5 Å². The molecule has 0 spiro atoms. The summed E-state index contributed by atoms with van der Waals surface area (Å²) in [6.45, 7) is 2.93. The van der Waals surface area contributed by atoms with Gasteiger partial charge in [0.05, 0.1) is 6.54 Å². The lowest BCUT2D eigenvalue weighted by Crippen LogP contribution is -2.33. The molecular formula is C17H21FIN3. The van der Waals surface area contributed by atoms with Crippen LogP contribution in [0.25, 0.3) is 0 Å². The lowest BCUT2D eigenvalue weighted by atomic mass is 10.1. The Labute approximate surface area is 147 Å². The van der Waals surface area contributed by atoms with E-state index in [1.807, 2.05) is 18.2 Å². The van der Waals surface area contributed by atoms with Crippen molar-refractivity contribution in [2.75, 3.05) is 6.54 Å². The van der Waals surface area contributed by atoms with Gasteiger partial charge >= 0.3 is 0 Å². The second kappa shape index (κ2) is 9.40. The van der Waals surface area contributed by atoms with E-state index in [0.29, 0.717) is 18.1 Å². The molecule has 0 amide bonds. The quantitative estimate of drug-likeness (QED) is 0.449. The molecule has 0 atom stereocenters. The Hall–Kier alpha value is -1.63. The van der Waals surface area contributed by atoms with Crippen molar-refractivity contribution in [3.63, 3.8) is 0 Å². The maximum Gasteiger partial charge on any atom is 0.188 e. The molecule has 0 heterocycles. The lowest BCUT2D eigenvalue weighted by molar-refractivity contribution is 0.617. The van der Waals surface area contributed by atoms with Gasteiger partial charge in [0.25, 0.3) is 0 Å². The van der Waals surface area contributed by atoms with E-state index in [9.17, 15) is 4.39 Å². The highest BCUT2D eigenvalue weighted by molar-refractivity contribution is 14.0. The Kier molecular flexibility index (Phi) is 7.87. The molecule has 3 N–H and O–H groups in total. The number of hydrogen-bond acceptors (Lipinski definition) is 1. The number of aryl methyl sites for hydroxylation is 1. The molecule has 0 unspecified atom stereocenters. The lowest BCUT2D eigenvalue weighted by Gasteiger charge is -2.06. The van der Waals surface area contributed by atoms with Crippen LogP contribution in [0.1, 0.15) is 16.7 Å². The van der Waals surface area contributed by atoms with E-state index >= 15 is 0 Å². The number of nitrogens with zero attached hydrogens (tertiary/aromatic N) is 1. The number of hydrogen-bond donors (Lipinski definition) is 2. The van der Waals surface area contributed by atoms with Crippen molar-refractivity contribution in [2.45, 2.75) is 19.9 Å². The van der Waals surface area contributed by atoms with Crippen LogP contribution in [0.5, 0.6) is 0 Å². The third kappa shape index (κ3) is 6.01. The van der Waals surface area contributed by atoms with Gasteiger partial charge in [-0.05, 0) is 36.1 Å². The van der Waals surface area contributed by atoms with Crippen LogP contribution in [0.2, 0.25) is 0 Å². The summed E-state index contributed by atoms with van der Waals surface area (Å²) in [7, 11) is 0. The second-order valence-corrected chi connectivity index (χ2v) is 4.95. The van der Waals surface area contributed by atoms with Crippen LogP contribution in [0.15, 0.2) is 53.5 Å². The fraction of sp³-hybridized carbons (Fsp3) is 0.235. The number of benzene rings is 2. The van der Waals surface area contributed by atoms with E-state index in [-0.39, 0.29) is 29.8 Å². The first-order chi connectivity index (χ1) is 10.1. The van der Waals surface area contributed by atoms with E-state index in [1.165, 1.54) is 11.6 Å². The molecule has 0 saturated carbocycles. The molecule has 0 bridgehead atoms. The summed E-state index contributed by atoms with van der Waals surface area (Å²) in [6, 6.07) is 15.2. The van der Waals surface area contributed by atoms with Gasteiger partial charge in [-0.2, -0.15) is 0 Å². The Bertz CT molecular complexity index is 615. The van der Waals surface area contributed by atoms with Crippen molar-refractivity contribution in [1.29, 1.82) is 0 Å². The molecule has 0 radical (unpaired) electrons. The third-order valence-electron chi connectivity index (χ3n) is 3.22. The highest BCUT2D eigenvalue weighted by Crippen LogP contribution is 2.09. The Morgan fingerprint density at radius 3 is 2.55 bits per heavy atom. The molecule has 0 saturated heterocycles. The van der Waals surface area contributed by atoms with E-state index < -0.39 is 0 Å². The fourth-order valence-corrected chi connectivity index (χ4v) is 2.02. The molecular weight excluding hydrogens is 392 g/mol. The van der Waals surface area contributed by atoms with Crippen LogP contribution in [0.4, 0.5) is 4.39 Å². The van der Waals surface area contributed by atoms with Crippen molar-refractivity contribution in [3.8, 4) is 0 Å².